The van der Waals surface area contributed by atoms with Crippen LogP contribution in [0.3, 0.4) is 0 Å². The Balaban J connectivity index is 1.15. The third-order valence-corrected chi connectivity index (χ3v) is 13.0. The van der Waals surface area contributed by atoms with Crippen LogP contribution in [0.25, 0.3) is 11.3 Å². The molecule has 15 nitrogen and oxygen atoms in total. The quantitative estimate of drug-likeness (QED) is 0.105. The van der Waals surface area contributed by atoms with Crippen LogP contribution in [-0.2, 0) is 29.1 Å². The van der Waals surface area contributed by atoms with Crippen molar-refractivity contribution < 1.29 is 41.4 Å². The minimum Gasteiger partial charge on any atom is -0.458 e. The smallest absolute Gasteiger partial charge is 0.408 e. The van der Waals surface area contributed by atoms with Crippen molar-refractivity contribution in [2.45, 2.75) is 107 Å². The first-order valence-corrected chi connectivity index (χ1v) is 21.7. The van der Waals surface area contributed by atoms with Gasteiger partial charge < -0.3 is 35.1 Å². The zero-order valence-electron chi connectivity index (χ0n) is 33.5. The highest BCUT2D eigenvalue weighted by atomic mass is 32.2. The van der Waals surface area contributed by atoms with E-state index in [1.165, 1.54) is 17.0 Å². The first kappa shape index (κ1) is 42.0. The summed E-state index contributed by atoms with van der Waals surface area (Å²) in [6.07, 6.45) is 4.83. The van der Waals surface area contributed by atoms with E-state index in [1.54, 1.807) is 24.3 Å². The molecular formula is C42H52FN7O8S. The predicted octanol–water partition coefficient (Wildman–Crippen LogP) is 5.53. The third kappa shape index (κ3) is 10.4. The van der Waals surface area contributed by atoms with Gasteiger partial charge in [0.15, 0.2) is 0 Å². The Labute approximate surface area is 343 Å². The molecule has 7 rings (SSSR count). The van der Waals surface area contributed by atoms with E-state index >= 15 is 0 Å². The SMILES string of the molecule is C=C[C@@H]1C[C@]1(NC(=O)[C@@H]1C[C@@H](Oc2nc(Nc3ccc(F)cc3)cc(-c3ccccc3)n2)CN1C(=O)[C@@H](NC(=O)OC1CCCC1)C(C)(C)C)OCNS(=O)(=O)C1CC1. The van der Waals surface area contributed by atoms with Crippen LogP contribution in [0.2, 0.25) is 0 Å². The van der Waals surface area contributed by atoms with Crippen LogP contribution in [0.15, 0.2) is 73.3 Å². The molecule has 59 heavy (non-hydrogen) atoms. The molecule has 4 N–H and O–H groups in total. The normalized spacial score (nSPS) is 23.6. The van der Waals surface area contributed by atoms with E-state index in [1.807, 2.05) is 51.1 Å². The number of benzene rings is 2. The van der Waals surface area contributed by atoms with Crippen LogP contribution in [-0.4, -0.2) is 89.7 Å². The molecule has 5 atom stereocenters. The number of sulfonamides is 1. The highest BCUT2D eigenvalue weighted by molar-refractivity contribution is 7.90. The van der Waals surface area contributed by atoms with E-state index in [0.717, 1.165) is 31.2 Å². The number of hydrogen-bond donors (Lipinski definition) is 4. The number of nitrogens with zero attached hydrogens (tertiary/aromatic N) is 3. The van der Waals surface area contributed by atoms with E-state index < -0.39 is 68.3 Å². The Kier molecular flexibility index (Phi) is 12.3. The van der Waals surface area contributed by atoms with Crippen LogP contribution in [0.4, 0.5) is 20.7 Å². The van der Waals surface area contributed by atoms with Crippen LogP contribution < -0.4 is 25.4 Å². The van der Waals surface area contributed by atoms with Crippen molar-refractivity contribution in [2.75, 3.05) is 18.6 Å². The number of rotatable bonds is 16. The minimum atomic E-state index is -3.55. The highest BCUT2D eigenvalue weighted by Gasteiger charge is 2.57. The standard InChI is InChI=1S/C42H52FN7O8S/c1-5-27-23-42(27,56-25-44-59(54,55)32-19-20-32)49-37(51)34-21-31(24-50(34)38(52)36(41(2,3)4)48-40(53)58-30-13-9-10-14-30)57-39-46-33(26-11-7-6-8-12-26)22-35(47-39)45-29-17-15-28(43)16-18-29/h5-8,11-12,15-18,22,27,30-32,34,36,44H,1,9-10,13-14,19-21,23-25H2,2-4H3,(H,48,53)(H,49,51)(H,45,46,47)/t27-,31-,34+,36-,42+/m1/s1. The molecule has 0 radical (unpaired) electrons. The lowest BCUT2D eigenvalue weighted by Crippen LogP contribution is -2.59. The third-order valence-electron chi connectivity index (χ3n) is 11.1. The van der Waals surface area contributed by atoms with Gasteiger partial charge in [-0.2, -0.15) is 14.7 Å². The van der Waals surface area contributed by atoms with Crippen molar-refractivity contribution in [2.24, 2.45) is 11.3 Å². The number of carbonyl (C=O) groups is 3. The van der Waals surface area contributed by atoms with Gasteiger partial charge in [-0.3, -0.25) is 9.59 Å². The molecule has 316 valence electrons. The van der Waals surface area contributed by atoms with Crippen molar-refractivity contribution in [3.05, 3.63) is 79.1 Å². The number of amides is 3. The van der Waals surface area contributed by atoms with Gasteiger partial charge in [-0.25, -0.2) is 17.6 Å². The van der Waals surface area contributed by atoms with Crippen molar-refractivity contribution in [3.8, 4) is 17.3 Å². The fraction of sp³-hybridized carbons (Fsp3) is 0.500. The maximum Gasteiger partial charge on any atom is 0.408 e. The summed E-state index contributed by atoms with van der Waals surface area (Å²) >= 11 is 0. The maximum atomic E-state index is 14.7. The molecule has 3 saturated carbocycles. The average molecular weight is 834 g/mol. The summed E-state index contributed by atoms with van der Waals surface area (Å²) in [5, 5.41) is 8.46. The van der Waals surface area contributed by atoms with Gasteiger partial charge >= 0.3 is 12.1 Å². The number of anilines is 2. The van der Waals surface area contributed by atoms with Gasteiger partial charge in [0.25, 0.3) is 0 Å². The van der Waals surface area contributed by atoms with E-state index in [4.69, 9.17) is 14.2 Å². The summed E-state index contributed by atoms with van der Waals surface area (Å²) in [6, 6.07) is 14.7. The summed E-state index contributed by atoms with van der Waals surface area (Å²) in [5.74, 6) is -1.42. The Morgan fingerprint density at radius 3 is 2.37 bits per heavy atom. The number of nitrogens with one attached hydrogen (secondary N) is 4. The maximum absolute atomic E-state index is 14.7. The van der Waals surface area contributed by atoms with Crippen LogP contribution in [0, 0.1) is 17.2 Å². The molecule has 3 amide bonds. The second kappa shape index (κ2) is 17.2. The lowest BCUT2D eigenvalue weighted by Gasteiger charge is -2.35. The molecular weight excluding hydrogens is 782 g/mol. The molecule has 3 aliphatic carbocycles. The van der Waals surface area contributed by atoms with Crippen molar-refractivity contribution >= 4 is 39.4 Å². The van der Waals surface area contributed by atoms with E-state index in [-0.39, 0.29) is 37.7 Å². The molecule has 2 aromatic carbocycles. The summed E-state index contributed by atoms with van der Waals surface area (Å²) in [7, 11) is -3.55. The summed E-state index contributed by atoms with van der Waals surface area (Å²) in [6.45, 7) is 8.87. The molecule has 0 spiro atoms. The van der Waals surface area contributed by atoms with Gasteiger partial charge in [0.2, 0.25) is 21.8 Å². The Morgan fingerprint density at radius 1 is 1.02 bits per heavy atom. The summed E-state index contributed by atoms with van der Waals surface area (Å²) < 4.78 is 59.3. The van der Waals surface area contributed by atoms with Gasteiger partial charge in [-0.15, -0.1) is 6.58 Å². The van der Waals surface area contributed by atoms with Crippen LogP contribution in [0.1, 0.15) is 72.1 Å². The second-order valence-corrected chi connectivity index (χ2v) is 18.8. The van der Waals surface area contributed by atoms with Gasteiger partial charge in [0.1, 0.15) is 48.4 Å². The number of likely N-dealkylation sites (tertiary alicyclic amines) is 1. The predicted molar refractivity (Wildman–Crippen MR) is 217 cm³/mol. The number of alkyl carbamates (subject to hydrolysis) is 1. The van der Waals surface area contributed by atoms with Crippen LogP contribution in [0.5, 0.6) is 6.01 Å². The lowest BCUT2D eigenvalue weighted by molar-refractivity contribution is -0.144. The topological polar surface area (TPSA) is 190 Å². The molecule has 4 aliphatic rings. The number of hydrogen-bond acceptors (Lipinski definition) is 11. The molecule has 4 fully saturated rings. The minimum absolute atomic E-state index is 0.0176. The molecule has 2 heterocycles. The molecule has 1 aromatic heterocycles. The van der Waals surface area contributed by atoms with Gasteiger partial charge in [-0.1, -0.05) is 57.2 Å². The monoisotopic (exact) mass is 833 g/mol. The Morgan fingerprint density at radius 2 is 1.73 bits per heavy atom. The Hall–Kier alpha value is -5.13. The van der Waals surface area contributed by atoms with Gasteiger partial charge in [0.05, 0.1) is 17.5 Å². The lowest BCUT2D eigenvalue weighted by atomic mass is 9.85. The number of aromatic nitrogens is 2. The van der Waals surface area contributed by atoms with Crippen molar-refractivity contribution in [3.63, 3.8) is 0 Å². The first-order chi connectivity index (χ1) is 28.1. The molecule has 1 saturated heterocycles. The summed E-state index contributed by atoms with van der Waals surface area (Å²) in [4.78, 5) is 52.9. The number of halogens is 1. The van der Waals surface area contributed by atoms with Gasteiger partial charge in [0, 0.05) is 36.1 Å². The molecule has 0 bridgehead atoms. The molecule has 0 unspecified atom stereocenters. The number of ether oxygens (including phenoxy) is 3. The highest BCUT2D eigenvalue weighted by Crippen LogP contribution is 2.46. The Bertz CT molecular complexity index is 2130. The molecule has 1 aliphatic heterocycles. The molecule has 17 heteroatoms. The van der Waals surface area contributed by atoms with Crippen LogP contribution >= 0.6 is 0 Å². The van der Waals surface area contributed by atoms with Crippen molar-refractivity contribution in [1.82, 2.24) is 30.2 Å². The van der Waals surface area contributed by atoms with E-state index in [2.05, 4.69) is 37.2 Å². The number of carbonyl (C=O) groups excluding carboxylic acids is 3. The molecule has 3 aromatic rings. The van der Waals surface area contributed by atoms with E-state index in [0.29, 0.717) is 36.5 Å². The fourth-order valence-electron chi connectivity index (χ4n) is 7.54. The zero-order chi connectivity index (χ0) is 42.0. The van der Waals surface area contributed by atoms with E-state index in [9.17, 15) is 27.2 Å². The fourth-order valence-corrected chi connectivity index (χ4v) is 8.76. The first-order valence-electron chi connectivity index (χ1n) is 20.1. The largest absolute Gasteiger partial charge is 0.458 e. The zero-order valence-corrected chi connectivity index (χ0v) is 34.3. The van der Waals surface area contributed by atoms with Gasteiger partial charge in [-0.05, 0) is 68.2 Å². The second-order valence-electron chi connectivity index (χ2n) is 16.8. The summed E-state index contributed by atoms with van der Waals surface area (Å²) in [5.41, 5.74) is -0.172. The van der Waals surface area contributed by atoms with Crippen molar-refractivity contribution in [1.29, 1.82) is 0 Å². The average Bonchev–Trinajstić information content (AvgIpc) is 4.07.